The van der Waals surface area contributed by atoms with Gasteiger partial charge in [-0.3, -0.25) is 10.1 Å². The number of nitro groups is 1. The van der Waals surface area contributed by atoms with Crippen LogP contribution in [-0.4, -0.2) is 21.9 Å². The molecule has 0 unspecified atom stereocenters. The molecule has 0 atom stereocenters. The molecule has 0 saturated carbocycles. The topological polar surface area (TPSA) is 94.1 Å². The van der Waals surface area contributed by atoms with Crippen LogP contribution in [0.1, 0.15) is 0 Å². The molecule has 7 heteroatoms. The second-order valence-electron chi connectivity index (χ2n) is 4.08. The van der Waals surface area contributed by atoms with Crippen molar-refractivity contribution in [2.75, 3.05) is 12.4 Å². The number of benzene rings is 1. The fourth-order valence-electron chi connectivity index (χ4n) is 2.01. The van der Waals surface area contributed by atoms with Gasteiger partial charge in [0.05, 0.1) is 4.92 Å². The Morgan fingerprint density at radius 2 is 2.10 bits per heavy atom. The summed E-state index contributed by atoms with van der Waals surface area (Å²) >= 11 is 0. The first kappa shape index (κ1) is 12.1. The highest BCUT2D eigenvalue weighted by molar-refractivity contribution is 5.85. The summed E-state index contributed by atoms with van der Waals surface area (Å²) < 4.78 is 5.62. The van der Waals surface area contributed by atoms with Crippen LogP contribution in [0, 0.1) is 10.1 Å². The number of nitrogens with zero attached hydrogens (tertiary/aromatic N) is 3. The lowest BCUT2D eigenvalue weighted by molar-refractivity contribution is -0.383. The molecule has 20 heavy (non-hydrogen) atoms. The maximum atomic E-state index is 11.2. The fourth-order valence-corrected chi connectivity index (χ4v) is 2.01. The first-order chi connectivity index (χ1) is 9.70. The van der Waals surface area contributed by atoms with E-state index in [9.17, 15) is 10.1 Å². The van der Waals surface area contributed by atoms with Crippen molar-refractivity contribution in [2.24, 2.45) is 0 Å². The predicted octanol–water partition coefficient (Wildman–Crippen LogP) is 2.84. The number of anilines is 1. The van der Waals surface area contributed by atoms with Gasteiger partial charge in [-0.2, -0.15) is 0 Å². The maximum absolute atomic E-state index is 11.2. The van der Waals surface area contributed by atoms with E-state index in [1.165, 1.54) is 6.33 Å². The number of furan rings is 1. The van der Waals surface area contributed by atoms with Gasteiger partial charge in [-0.05, 0) is 12.1 Å². The predicted molar refractivity (Wildman–Crippen MR) is 73.4 cm³/mol. The van der Waals surface area contributed by atoms with E-state index in [1.807, 2.05) is 18.2 Å². The van der Waals surface area contributed by atoms with E-state index in [2.05, 4.69) is 15.3 Å². The van der Waals surface area contributed by atoms with Crippen LogP contribution in [-0.2, 0) is 0 Å². The molecule has 100 valence electrons. The van der Waals surface area contributed by atoms with Crippen LogP contribution >= 0.6 is 0 Å². The number of nitrogens with one attached hydrogen (secondary N) is 1. The van der Waals surface area contributed by atoms with Crippen molar-refractivity contribution < 1.29 is 9.34 Å². The zero-order valence-electron chi connectivity index (χ0n) is 10.5. The highest BCUT2D eigenvalue weighted by Crippen LogP contribution is 2.35. The van der Waals surface area contributed by atoms with Crippen molar-refractivity contribution in [3.05, 3.63) is 46.8 Å². The third-order valence-electron chi connectivity index (χ3n) is 2.90. The van der Waals surface area contributed by atoms with Crippen LogP contribution in [0.2, 0.25) is 0 Å². The van der Waals surface area contributed by atoms with Crippen molar-refractivity contribution in [1.82, 2.24) is 9.97 Å². The van der Waals surface area contributed by atoms with Gasteiger partial charge in [0.25, 0.3) is 0 Å². The molecule has 0 aliphatic carbocycles. The molecular weight excluding hydrogens is 260 g/mol. The quantitative estimate of drug-likeness (QED) is 0.581. The first-order valence-corrected chi connectivity index (χ1v) is 5.87. The lowest BCUT2D eigenvalue weighted by atomic mass is 10.2. The average Bonchev–Trinajstić information content (AvgIpc) is 2.90. The Labute approximate surface area is 113 Å². The molecule has 1 N–H and O–H groups in total. The van der Waals surface area contributed by atoms with E-state index in [4.69, 9.17) is 4.42 Å². The number of hydrogen-bond acceptors (Lipinski definition) is 6. The second kappa shape index (κ2) is 4.61. The largest absolute Gasteiger partial charge is 0.454 e. The normalized spacial score (nSPS) is 10.7. The Bertz CT molecular complexity index is 764. The second-order valence-corrected chi connectivity index (χ2v) is 4.08. The number of para-hydroxylation sites is 1. The summed E-state index contributed by atoms with van der Waals surface area (Å²) in [5.74, 6) is 0.497. The van der Waals surface area contributed by atoms with E-state index < -0.39 is 4.92 Å². The minimum Gasteiger partial charge on any atom is -0.454 e. The Balaban J connectivity index is 2.25. The molecule has 3 rings (SSSR count). The molecule has 3 aromatic rings. The smallest absolute Gasteiger partial charge is 0.340 e. The lowest BCUT2D eigenvalue weighted by Gasteiger charge is -2.03. The summed E-state index contributed by atoms with van der Waals surface area (Å²) in [4.78, 5) is 18.6. The number of aromatic nitrogens is 2. The van der Waals surface area contributed by atoms with Gasteiger partial charge in [0, 0.05) is 12.4 Å². The van der Waals surface area contributed by atoms with E-state index in [-0.39, 0.29) is 17.2 Å². The minimum absolute atomic E-state index is 0.153. The van der Waals surface area contributed by atoms with Gasteiger partial charge in [-0.15, -0.1) is 0 Å². The summed E-state index contributed by atoms with van der Waals surface area (Å²) in [7, 11) is 1.57. The highest BCUT2D eigenvalue weighted by Gasteiger charge is 2.25. The molecule has 1 aromatic carbocycles. The fraction of sp³-hybridized carbons (Fsp3) is 0.0769. The van der Waals surface area contributed by atoms with Crippen molar-refractivity contribution in [3.63, 3.8) is 0 Å². The molecule has 2 heterocycles. The summed E-state index contributed by atoms with van der Waals surface area (Å²) in [5.41, 5.74) is 0.612. The zero-order valence-corrected chi connectivity index (χ0v) is 10.5. The lowest BCUT2D eigenvalue weighted by Crippen LogP contribution is -2.02. The molecule has 0 radical (unpaired) electrons. The molecule has 7 nitrogen and oxygen atoms in total. The van der Waals surface area contributed by atoms with Gasteiger partial charge in [0.2, 0.25) is 5.82 Å². The molecule has 0 amide bonds. The minimum atomic E-state index is -0.519. The van der Waals surface area contributed by atoms with Crippen molar-refractivity contribution in [3.8, 4) is 11.5 Å². The summed E-state index contributed by atoms with van der Waals surface area (Å²) in [6, 6.07) is 9.10. The van der Waals surface area contributed by atoms with E-state index >= 15 is 0 Å². The number of hydrogen-bond donors (Lipinski definition) is 1. The molecule has 0 fully saturated rings. The van der Waals surface area contributed by atoms with Crippen molar-refractivity contribution >= 4 is 22.5 Å². The standard InChI is InChI=1S/C13H10N4O3/c1-14-13-12(17(18)19)11(15-7-16-13)10-6-8-4-2-3-5-9(8)20-10/h2-7H,1H3,(H,14,15,16). The number of fused-ring (bicyclic) bond motifs is 1. The summed E-state index contributed by atoms with van der Waals surface area (Å²) in [6.45, 7) is 0. The van der Waals surface area contributed by atoms with Crippen LogP contribution < -0.4 is 5.32 Å². The van der Waals surface area contributed by atoms with Crippen LogP contribution in [0.15, 0.2) is 41.1 Å². The molecule has 0 bridgehead atoms. The Morgan fingerprint density at radius 1 is 1.30 bits per heavy atom. The van der Waals surface area contributed by atoms with E-state index in [0.29, 0.717) is 11.3 Å². The van der Waals surface area contributed by atoms with Crippen LogP contribution in [0.4, 0.5) is 11.5 Å². The van der Waals surface area contributed by atoms with Gasteiger partial charge in [-0.25, -0.2) is 9.97 Å². The van der Waals surface area contributed by atoms with Gasteiger partial charge < -0.3 is 9.73 Å². The van der Waals surface area contributed by atoms with Gasteiger partial charge in [0.15, 0.2) is 11.5 Å². The third-order valence-corrected chi connectivity index (χ3v) is 2.90. The van der Waals surface area contributed by atoms with Crippen LogP contribution in [0.3, 0.4) is 0 Å². The van der Waals surface area contributed by atoms with Crippen molar-refractivity contribution in [1.29, 1.82) is 0 Å². The highest BCUT2D eigenvalue weighted by atomic mass is 16.6. The van der Waals surface area contributed by atoms with E-state index in [0.717, 1.165) is 5.39 Å². The summed E-state index contributed by atoms with van der Waals surface area (Å²) in [5, 5.41) is 14.8. The molecule has 2 aromatic heterocycles. The zero-order chi connectivity index (χ0) is 14.1. The molecular formula is C13H10N4O3. The number of rotatable bonds is 3. The Morgan fingerprint density at radius 3 is 2.80 bits per heavy atom. The third kappa shape index (κ3) is 1.85. The maximum Gasteiger partial charge on any atom is 0.340 e. The van der Waals surface area contributed by atoms with E-state index in [1.54, 1.807) is 19.2 Å². The molecule has 0 aliphatic rings. The molecule has 0 saturated heterocycles. The summed E-state index contributed by atoms with van der Waals surface area (Å²) in [6.07, 6.45) is 1.27. The SMILES string of the molecule is CNc1ncnc(-c2cc3ccccc3o2)c1[N+](=O)[O-]. The Hall–Kier alpha value is -2.96. The first-order valence-electron chi connectivity index (χ1n) is 5.87. The van der Waals surface area contributed by atoms with Crippen molar-refractivity contribution in [2.45, 2.75) is 0 Å². The monoisotopic (exact) mass is 270 g/mol. The van der Waals surface area contributed by atoms with Crippen LogP contribution in [0.5, 0.6) is 0 Å². The molecule has 0 aliphatic heterocycles. The Kier molecular flexibility index (Phi) is 2.79. The van der Waals surface area contributed by atoms with Gasteiger partial charge in [-0.1, -0.05) is 18.2 Å². The molecule has 0 spiro atoms. The van der Waals surface area contributed by atoms with Gasteiger partial charge in [0.1, 0.15) is 11.9 Å². The average molecular weight is 270 g/mol. The van der Waals surface area contributed by atoms with Gasteiger partial charge >= 0.3 is 5.69 Å². The van der Waals surface area contributed by atoms with Crippen LogP contribution in [0.25, 0.3) is 22.4 Å².